The van der Waals surface area contributed by atoms with E-state index in [9.17, 15) is 44.4 Å². The van der Waals surface area contributed by atoms with E-state index in [1.165, 1.54) is 89.9 Å². The van der Waals surface area contributed by atoms with Gasteiger partial charge in [0.1, 0.15) is 42.2 Å². The Labute approximate surface area is 475 Å². The second-order valence-corrected chi connectivity index (χ2v) is 22.2. The molecule has 1 fully saturated rings. The zero-order chi connectivity index (χ0) is 58.2. The quantitative estimate of drug-likeness (QED) is 0.0271. The van der Waals surface area contributed by atoms with Crippen LogP contribution in [0, 0.1) is 13.8 Å². The summed E-state index contributed by atoms with van der Waals surface area (Å²) in [4.78, 5) is 68.4. The average Bonchev–Trinajstić information content (AvgIpc) is 3.45. The molecule has 18 nitrogen and oxygen atoms in total. The van der Waals surface area contributed by atoms with Crippen molar-refractivity contribution >= 4 is 40.3 Å². The van der Waals surface area contributed by atoms with Gasteiger partial charge in [-0.05, 0) is 117 Å². The van der Waals surface area contributed by atoms with E-state index >= 15 is 0 Å². The summed E-state index contributed by atoms with van der Waals surface area (Å²) in [5.41, 5.74) is 20.8. The number of rotatable bonds is 41. The number of fused-ring (bicyclic) bond motifs is 1. The highest BCUT2D eigenvalue weighted by Gasteiger charge is 2.47. The minimum Gasteiger partial charge on any atom is -0.508 e. The highest BCUT2D eigenvalue weighted by Crippen LogP contribution is 2.25. The molecule has 4 rings (SSSR count). The summed E-state index contributed by atoms with van der Waals surface area (Å²) in [6.45, 7) is 6.52. The van der Waals surface area contributed by atoms with E-state index in [-0.39, 0.29) is 57.4 Å². The minimum atomic E-state index is -1.74. The molecule has 448 valence electrons. The Balaban J connectivity index is 1.31. The largest absolute Gasteiger partial charge is 0.508 e. The van der Waals surface area contributed by atoms with Gasteiger partial charge in [-0.3, -0.25) is 24.0 Å². The molecule has 0 saturated carbocycles. The van der Waals surface area contributed by atoms with E-state index in [0.717, 1.165) is 46.7 Å². The molecule has 9 atom stereocenters. The number of primary amides is 1. The van der Waals surface area contributed by atoms with Crippen molar-refractivity contribution in [2.24, 2.45) is 17.2 Å². The van der Waals surface area contributed by atoms with Crippen LogP contribution in [0.5, 0.6) is 5.75 Å². The van der Waals surface area contributed by atoms with E-state index in [1.54, 1.807) is 26.0 Å². The van der Waals surface area contributed by atoms with Crippen molar-refractivity contribution in [3.8, 4) is 5.75 Å². The predicted octanol–water partition coefficient (Wildman–Crippen LogP) is 6.50. The van der Waals surface area contributed by atoms with Crippen LogP contribution in [0.3, 0.4) is 0 Å². The van der Waals surface area contributed by atoms with Crippen LogP contribution >= 0.6 is 0 Å². The number of phenolic OH excluding ortho intramolecular Hbond substituents is 1. The molecule has 0 bridgehead atoms. The number of carbonyl (C=O) groups excluding carboxylic acids is 5. The van der Waals surface area contributed by atoms with Gasteiger partial charge >= 0.3 is 0 Å². The average molecular weight is 1120 g/mol. The Kier molecular flexibility index (Phi) is 31.7. The number of hydrogen-bond acceptors (Lipinski definition) is 13. The van der Waals surface area contributed by atoms with Gasteiger partial charge in [-0.2, -0.15) is 0 Å². The van der Waals surface area contributed by atoms with E-state index < -0.39 is 84.4 Å². The molecule has 14 N–H and O–H groups in total. The van der Waals surface area contributed by atoms with E-state index in [0.29, 0.717) is 31.4 Å². The summed E-state index contributed by atoms with van der Waals surface area (Å²) >= 11 is 0. The van der Waals surface area contributed by atoms with Crippen LogP contribution in [0.4, 0.5) is 0 Å². The molecule has 0 radical (unpaired) electrons. The van der Waals surface area contributed by atoms with Gasteiger partial charge in [0.2, 0.25) is 23.6 Å². The number of nitrogens with one attached hydrogen (secondary N) is 4. The van der Waals surface area contributed by atoms with E-state index in [1.807, 2.05) is 42.5 Å². The van der Waals surface area contributed by atoms with E-state index in [4.69, 9.17) is 26.7 Å². The van der Waals surface area contributed by atoms with Crippen LogP contribution in [-0.4, -0.2) is 125 Å². The lowest BCUT2D eigenvalue weighted by molar-refractivity contribution is -0.290. The number of carbonyl (C=O) groups is 5. The van der Waals surface area contributed by atoms with Crippen LogP contribution in [0.2, 0.25) is 0 Å². The Morgan fingerprint density at radius 3 is 1.71 bits per heavy atom. The SMILES string of the molecule is CCCCCCCCCCCCCCCCCCCCO[C@@H]1O[C@H](C(=O)NCCCC[C@@H](NC(=O)[C@@H](N)Cc2c(C)cc(O)cc2C)C(=O)N[C@@H](Cc2ccc3ccccc3c2)C(=O)N[C@@H](CCCCN)C(N)=O)[C@@H](O)[C@H](O)[C@H]1O. The summed E-state index contributed by atoms with van der Waals surface area (Å²) in [6, 6.07) is 11.9. The highest BCUT2D eigenvalue weighted by atomic mass is 16.7. The summed E-state index contributed by atoms with van der Waals surface area (Å²) < 4.78 is 11.5. The number of amides is 5. The lowest BCUT2D eigenvalue weighted by atomic mass is 9.95. The fourth-order valence-electron chi connectivity index (χ4n) is 10.5. The lowest BCUT2D eigenvalue weighted by Gasteiger charge is -2.39. The number of phenols is 1. The van der Waals surface area contributed by atoms with Gasteiger partial charge < -0.3 is 68.4 Å². The summed E-state index contributed by atoms with van der Waals surface area (Å²) in [6.07, 6.45) is 16.6. The zero-order valence-electron chi connectivity index (χ0n) is 48.3. The molecule has 0 unspecified atom stereocenters. The fourth-order valence-corrected chi connectivity index (χ4v) is 10.5. The van der Waals surface area contributed by atoms with Gasteiger partial charge in [-0.25, -0.2) is 0 Å². The molecule has 1 aliphatic heterocycles. The Morgan fingerprint density at radius 2 is 1.12 bits per heavy atom. The first-order valence-corrected chi connectivity index (χ1v) is 30.1. The first-order valence-electron chi connectivity index (χ1n) is 30.1. The molecule has 1 saturated heterocycles. The van der Waals surface area contributed by atoms with Gasteiger partial charge in [-0.1, -0.05) is 159 Å². The van der Waals surface area contributed by atoms with Crippen LogP contribution < -0.4 is 38.5 Å². The molecule has 0 aromatic heterocycles. The number of aromatic hydroxyl groups is 1. The number of aliphatic hydroxyl groups is 3. The summed E-state index contributed by atoms with van der Waals surface area (Å²) in [7, 11) is 0. The molecular weight excluding hydrogens is 1020 g/mol. The third-order valence-electron chi connectivity index (χ3n) is 15.4. The third-order valence-corrected chi connectivity index (χ3v) is 15.4. The van der Waals surface area contributed by atoms with E-state index in [2.05, 4.69) is 28.2 Å². The Bertz CT molecular complexity index is 2300. The van der Waals surface area contributed by atoms with Crippen molar-refractivity contribution in [2.75, 3.05) is 19.7 Å². The molecule has 1 heterocycles. The number of unbranched alkanes of at least 4 members (excludes halogenated alkanes) is 19. The number of nitrogens with two attached hydrogens (primary N) is 3. The molecular formula is C62H99N7O11. The van der Waals surface area contributed by atoms with Gasteiger partial charge in [0.05, 0.1) is 6.04 Å². The predicted molar refractivity (Wildman–Crippen MR) is 313 cm³/mol. The molecule has 5 amide bonds. The van der Waals surface area contributed by atoms with Crippen LogP contribution in [0.1, 0.15) is 183 Å². The molecule has 3 aromatic rings. The maximum Gasteiger partial charge on any atom is 0.252 e. The second kappa shape index (κ2) is 37.7. The van der Waals surface area contributed by atoms with Crippen molar-refractivity contribution in [3.63, 3.8) is 0 Å². The van der Waals surface area contributed by atoms with Crippen LogP contribution in [0.15, 0.2) is 54.6 Å². The smallest absolute Gasteiger partial charge is 0.252 e. The van der Waals surface area contributed by atoms with Crippen molar-refractivity contribution in [1.82, 2.24) is 21.3 Å². The first-order chi connectivity index (χ1) is 38.5. The number of aryl methyl sites for hydroxylation is 2. The van der Waals surface area contributed by atoms with Crippen molar-refractivity contribution in [1.29, 1.82) is 0 Å². The minimum absolute atomic E-state index is 0.0224. The van der Waals surface area contributed by atoms with Gasteiger partial charge in [-0.15, -0.1) is 0 Å². The van der Waals surface area contributed by atoms with Crippen molar-refractivity contribution < 1.29 is 53.9 Å². The Hall–Kier alpha value is -5.21. The highest BCUT2D eigenvalue weighted by molar-refractivity contribution is 5.95. The molecule has 0 spiro atoms. The van der Waals surface area contributed by atoms with Crippen molar-refractivity contribution in [2.45, 2.75) is 243 Å². The maximum atomic E-state index is 14.5. The summed E-state index contributed by atoms with van der Waals surface area (Å²) in [5, 5.41) is 55.2. The van der Waals surface area contributed by atoms with Crippen LogP contribution in [0.25, 0.3) is 10.8 Å². The van der Waals surface area contributed by atoms with Gasteiger partial charge in [0, 0.05) is 19.6 Å². The monoisotopic (exact) mass is 1120 g/mol. The molecule has 80 heavy (non-hydrogen) atoms. The zero-order valence-corrected chi connectivity index (χ0v) is 48.3. The number of hydrogen-bond donors (Lipinski definition) is 11. The molecule has 0 aliphatic carbocycles. The normalized spacial score (nSPS) is 18.7. The first kappa shape index (κ1) is 67.3. The van der Waals surface area contributed by atoms with Gasteiger partial charge in [0.25, 0.3) is 5.91 Å². The topological polar surface area (TPSA) is 311 Å². The van der Waals surface area contributed by atoms with Gasteiger partial charge in [0.15, 0.2) is 12.4 Å². The molecule has 1 aliphatic rings. The van der Waals surface area contributed by atoms with Crippen molar-refractivity contribution in [3.05, 3.63) is 76.9 Å². The lowest BCUT2D eigenvalue weighted by Crippen LogP contribution is -2.62. The number of ether oxygens (including phenoxy) is 2. The second-order valence-electron chi connectivity index (χ2n) is 22.2. The maximum absolute atomic E-state index is 14.5. The van der Waals surface area contributed by atoms with Crippen LogP contribution in [-0.2, 0) is 46.3 Å². The molecule has 18 heteroatoms. The number of aliphatic hydroxyl groups excluding tert-OH is 3. The number of benzene rings is 3. The Morgan fingerprint density at radius 1 is 0.600 bits per heavy atom. The summed E-state index contributed by atoms with van der Waals surface area (Å²) in [5.74, 6) is -3.40. The standard InChI is InChI=1S/C62H99N7O11/c1-4-5-6-7-8-9-10-11-12-13-14-15-16-17-18-19-20-27-36-79-62-55(73)53(71)54(72)56(80-62)61(78)66-35-26-24-31-51(68-58(75)49(64)41-48-42(2)37-47(70)38-43(48)3)59(76)69-52(60(77)67-50(57(65)74)30-23-25-34-63)40-44-32-33-45-28-21-22-29-46(45)39-44/h21-22,28-29,32-33,37-39,49-56,62,70-73H,4-20,23-27,30-31,34-36,40-41,63-64H2,1-3H3,(H2,65,74)(H,66,78)(H,67,77)(H,68,75)(H,69,76)/t49-,50-,51+,52-,53-,54-,55+,56-,62+/m0/s1. The third kappa shape index (κ3) is 24.1. The fraction of sp³-hybridized carbons (Fsp3) is 0.661. The molecule has 3 aromatic carbocycles.